The monoisotopic (exact) mass is 299 g/mol. The Balaban J connectivity index is 1.85. The lowest BCUT2D eigenvalue weighted by Crippen LogP contribution is -2.16. The highest BCUT2D eigenvalue weighted by atomic mass is 32.1. The number of aromatic nitrogens is 1. The quantitative estimate of drug-likeness (QED) is 0.766. The fourth-order valence-corrected chi connectivity index (χ4v) is 3.16. The lowest BCUT2D eigenvalue weighted by Gasteiger charge is -2.08. The van der Waals surface area contributed by atoms with Gasteiger partial charge in [0.2, 0.25) is 0 Å². The van der Waals surface area contributed by atoms with E-state index in [0.29, 0.717) is 11.4 Å². The van der Waals surface area contributed by atoms with Crippen LogP contribution in [0.5, 0.6) is 0 Å². The zero-order chi connectivity index (χ0) is 14.8. The number of nitrogens with two attached hydrogens (primary N) is 1. The molecule has 21 heavy (non-hydrogen) atoms. The van der Waals surface area contributed by atoms with Gasteiger partial charge in [-0.25, -0.2) is 0 Å². The predicted molar refractivity (Wildman–Crippen MR) is 88.9 cm³/mol. The summed E-state index contributed by atoms with van der Waals surface area (Å²) in [5.74, 6) is -0.130. The van der Waals surface area contributed by atoms with Gasteiger partial charge in [0.05, 0.1) is 5.69 Å². The average Bonchev–Trinajstić information content (AvgIpc) is 3.05. The number of carbonyl (C=O) groups excluding carboxylic acids is 1. The third-order valence-corrected chi connectivity index (χ3v) is 4.22. The van der Waals surface area contributed by atoms with E-state index in [1.54, 1.807) is 23.6 Å². The summed E-state index contributed by atoms with van der Waals surface area (Å²) in [5, 5.41) is 6.13. The van der Waals surface area contributed by atoms with E-state index in [1.807, 2.05) is 34.2 Å². The van der Waals surface area contributed by atoms with E-state index in [1.165, 1.54) is 4.70 Å². The summed E-state index contributed by atoms with van der Waals surface area (Å²) in [6.07, 6.45) is 2.76. The van der Waals surface area contributed by atoms with Crippen molar-refractivity contribution in [2.45, 2.75) is 19.9 Å². The SMILES string of the molecule is CCCn1cc(N)cc1C(=O)Nc1ccc2sccc2c1. The summed E-state index contributed by atoms with van der Waals surface area (Å²) in [6, 6.07) is 9.70. The summed E-state index contributed by atoms with van der Waals surface area (Å²) in [6.45, 7) is 2.85. The normalized spacial score (nSPS) is 10.9. The van der Waals surface area contributed by atoms with Gasteiger partial charge in [0.15, 0.2) is 0 Å². The van der Waals surface area contributed by atoms with Crippen LogP contribution >= 0.6 is 11.3 Å². The lowest BCUT2D eigenvalue weighted by molar-refractivity contribution is 0.101. The topological polar surface area (TPSA) is 60.0 Å². The van der Waals surface area contributed by atoms with Gasteiger partial charge >= 0.3 is 0 Å². The molecule has 0 radical (unpaired) electrons. The number of carbonyl (C=O) groups is 1. The van der Waals surface area contributed by atoms with Gasteiger partial charge in [0, 0.05) is 23.1 Å². The van der Waals surface area contributed by atoms with Crippen molar-refractivity contribution < 1.29 is 4.79 Å². The molecule has 0 spiro atoms. The lowest BCUT2D eigenvalue weighted by atomic mass is 10.2. The maximum Gasteiger partial charge on any atom is 0.272 e. The summed E-state index contributed by atoms with van der Waals surface area (Å²) in [5.41, 5.74) is 7.81. The van der Waals surface area contributed by atoms with Crippen LogP contribution in [-0.2, 0) is 6.54 Å². The molecule has 0 fully saturated rings. The molecule has 0 saturated carbocycles. The average molecular weight is 299 g/mol. The molecule has 0 atom stereocenters. The van der Waals surface area contributed by atoms with Gasteiger partial charge < -0.3 is 15.6 Å². The number of fused-ring (bicyclic) bond motifs is 1. The number of hydrogen-bond acceptors (Lipinski definition) is 3. The molecule has 0 unspecified atom stereocenters. The van der Waals surface area contributed by atoms with Crippen LogP contribution in [0.4, 0.5) is 11.4 Å². The number of nitrogens with one attached hydrogen (secondary N) is 1. The van der Waals surface area contributed by atoms with E-state index in [4.69, 9.17) is 5.73 Å². The first-order chi connectivity index (χ1) is 10.2. The van der Waals surface area contributed by atoms with Gasteiger partial charge in [-0.15, -0.1) is 11.3 Å². The van der Waals surface area contributed by atoms with Crippen molar-refractivity contribution in [2.24, 2.45) is 0 Å². The largest absolute Gasteiger partial charge is 0.397 e. The Morgan fingerprint density at radius 3 is 3.00 bits per heavy atom. The number of aryl methyl sites for hydroxylation is 1. The Bertz CT molecular complexity index is 788. The summed E-state index contributed by atoms with van der Waals surface area (Å²) in [4.78, 5) is 12.4. The number of benzene rings is 1. The van der Waals surface area contributed by atoms with Crippen LogP contribution in [-0.4, -0.2) is 10.5 Å². The second-order valence-electron chi connectivity index (χ2n) is 4.98. The number of nitrogens with zero attached hydrogens (tertiary/aromatic N) is 1. The maximum absolute atomic E-state index is 12.4. The van der Waals surface area contributed by atoms with Crippen molar-refractivity contribution in [1.29, 1.82) is 0 Å². The second kappa shape index (κ2) is 5.61. The number of rotatable bonds is 4. The molecule has 0 aliphatic heterocycles. The summed E-state index contributed by atoms with van der Waals surface area (Å²) >= 11 is 1.69. The van der Waals surface area contributed by atoms with E-state index < -0.39 is 0 Å². The number of anilines is 2. The van der Waals surface area contributed by atoms with Gasteiger partial charge in [0.25, 0.3) is 5.91 Å². The number of thiophene rings is 1. The van der Waals surface area contributed by atoms with Crippen LogP contribution in [0.3, 0.4) is 0 Å². The van der Waals surface area contributed by atoms with E-state index in [-0.39, 0.29) is 5.91 Å². The fraction of sp³-hybridized carbons (Fsp3) is 0.188. The minimum absolute atomic E-state index is 0.130. The first-order valence-electron chi connectivity index (χ1n) is 6.91. The summed E-state index contributed by atoms with van der Waals surface area (Å²) in [7, 11) is 0. The molecule has 0 saturated heterocycles. The molecule has 0 bridgehead atoms. The van der Waals surface area contributed by atoms with Crippen molar-refractivity contribution >= 4 is 38.7 Å². The highest BCUT2D eigenvalue weighted by Gasteiger charge is 2.13. The first kappa shape index (κ1) is 13.7. The second-order valence-corrected chi connectivity index (χ2v) is 5.93. The zero-order valence-electron chi connectivity index (χ0n) is 11.8. The number of amides is 1. The molecule has 2 aromatic heterocycles. The maximum atomic E-state index is 12.4. The van der Waals surface area contributed by atoms with E-state index in [0.717, 1.165) is 24.0 Å². The van der Waals surface area contributed by atoms with Crippen molar-refractivity contribution in [3.05, 3.63) is 47.6 Å². The molecule has 0 aliphatic carbocycles. The molecule has 0 aliphatic rings. The van der Waals surface area contributed by atoms with Crippen LogP contribution in [0.25, 0.3) is 10.1 Å². The molecule has 108 valence electrons. The van der Waals surface area contributed by atoms with Gasteiger partial charge in [-0.05, 0) is 47.5 Å². The minimum Gasteiger partial charge on any atom is -0.397 e. The molecule has 3 N–H and O–H groups in total. The van der Waals surface area contributed by atoms with Crippen LogP contribution in [0.1, 0.15) is 23.8 Å². The Labute approximate surface area is 127 Å². The Kier molecular flexibility index (Phi) is 3.66. The molecule has 1 aromatic carbocycles. The van der Waals surface area contributed by atoms with E-state index in [9.17, 15) is 4.79 Å². The van der Waals surface area contributed by atoms with Crippen molar-refractivity contribution in [3.8, 4) is 0 Å². The minimum atomic E-state index is -0.130. The highest BCUT2D eigenvalue weighted by molar-refractivity contribution is 7.17. The fourth-order valence-electron chi connectivity index (χ4n) is 2.39. The van der Waals surface area contributed by atoms with Gasteiger partial charge in [-0.1, -0.05) is 6.92 Å². The van der Waals surface area contributed by atoms with Crippen molar-refractivity contribution in [3.63, 3.8) is 0 Å². The molecule has 4 nitrogen and oxygen atoms in total. The van der Waals surface area contributed by atoms with Crippen molar-refractivity contribution in [1.82, 2.24) is 4.57 Å². The van der Waals surface area contributed by atoms with E-state index >= 15 is 0 Å². The van der Waals surface area contributed by atoms with Crippen LogP contribution < -0.4 is 11.1 Å². The predicted octanol–water partition coefficient (Wildman–Crippen LogP) is 3.95. The molecule has 3 rings (SSSR count). The summed E-state index contributed by atoms with van der Waals surface area (Å²) < 4.78 is 3.11. The Morgan fingerprint density at radius 2 is 2.19 bits per heavy atom. The molecular formula is C16H17N3OS. The zero-order valence-corrected chi connectivity index (χ0v) is 12.6. The first-order valence-corrected chi connectivity index (χ1v) is 7.79. The molecule has 2 heterocycles. The van der Waals surface area contributed by atoms with Gasteiger partial charge in [-0.2, -0.15) is 0 Å². The Morgan fingerprint density at radius 1 is 1.33 bits per heavy atom. The molecule has 3 aromatic rings. The van der Waals surface area contributed by atoms with Gasteiger partial charge in [-0.3, -0.25) is 4.79 Å². The van der Waals surface area contributed by atoms with Crippen LogP contribution in [0, 0.1) is 0 Å². The van der Waals surface area contributed by atoms with Crippen LogP contribution in [0.2, 0.25) is 0 Å². The molecule has 5 heteroatoms. The third-order valence-electron chi connectivity index (χ3n) is 3.33. The van der Waals surface area contributed by atoms with Crippen LogP contribution in [0.15, 0.2) is 41.9 Å². The molecule has 1 amide bonds. The smallest absolute Gasteiger partial charge is 0.272 e. The Hall–Kier alpha value is -2.27. The van der Waals surface area contributed by atoms with Gasteiger partial charge in [0.1, 0.15) is 5.69 Å². The van der Waals surface area contributed by atoms with Crippen molar-refractivity contribution in [2.75, 3.05) is 11.1 Å². The number of hydrogen-bond donors (Lipinski definition) is 2. The van der Waals surface area contributed by atoms with E-state index in [2.05, 4.69) is 12.2 Å². The number of nitrogen functional groups attached to an aromatic ring is 1. The standard InChI is InChI=1S/C16H17N3OS/c1-2-6-19-10-12(17)9-14(19)16(20)18-13-3-4-15-11(8-13)5-7-21-15/h3-5,7-10H,2,6,17H2,1H3,(H,18,20). The third kappa shape index (κ3) is 2.78. The molecular weight excluding hydrogens is 282 g/mol. The highest BCUT2D eigenvalue weighted by Crippen LogP contribution is 2.24.